The first kappa shape index (κ1) is 36.8. The normalized spacial score (nSPS) is 12.2. The van der Waals surface area contributed by atoms with E-state index in [4.69, 9.17) is 11.6 Å². The van der Waals surface area contributed by atoms with Crippen molar-refractivity contribution in [2.24, 2.45) is 0 Å². The van der Waals surface area contributed by atoms with E-state index >= 15 is 0 Å². The summed E-state index contributed by atoms with van der Waals surface area (Å²) < 4.78 is 99.7. The molecule has 0 bridgehead atoms. The number of hydrogen-bond donors (Lipinski definition) is 3. The molecule has 0 saturated heterocycles. The van der Waals surface area contributed by atoms with Crippen LogP contribution in [0, 0.1) is 29.1 Å². The molecule has 0 atom stereocenters. The summed E-state index contributed by atoms with van der Waals surface area (Å²) in [5.74, 6) is -14.5. The summed E-state index contributed by atoms with van der Waals surface area (Å²) in [5.41, 5.74) is 0.866. The first-order valence-electron chi connectivity index (χ1n) is 14.2. The fraction of sp³-hybridized carbons (Fsp3) is 0.242. The molecule has 4 rings (SSSR count). The monoisotopic (exact) mass is 712 g/mol. The second-order valence-electron chi connectivity index (χ2n) is 11.8. The van der Waals surface area contributed by atoms with Gasteiger partial charge in [0.2, 0.25) is 21.7 Å². The summed E-state index contributed by atoms with van der Waals surface area (Å²) in [6.45, 7) is 3.65. The Balaban J connectivity index is 1.85. The maximum absolute atomic E-state index is 14.9. The molecule has 4 aromatic rings. The number of phenolic OH excluding ortho intramolecular Hbond substituents is 1. The van der Waals surface area contributed by atoms with Crippen molar-refractivity contribution < 1.29 is 50.5 Å². The first-order valence-corrected chi connectivity index (χ1v) is 16.0. The van der Waals surface area contributed by atoms with Crippen LogP contribution in [-0.2, 0) is 33.3 Å². The van der Waals surface area contributed by atoms with Gasteiger partial charge in [-0.05, 0) is 46.4 Å². The third-order valence-corrected chi connectivity index (χ3v) is 9.45. The minimum atomic E-state index is -5.63. The van der Waals surface area contributed by atoms with Crippen molar-refractivity contribution in [3.63, 3.8) is 0 Å². The largest absolute Gasteiger partial charge is 0.507 e. The number of phenols is 1. The van der Waals surface area contributed by atoms with Crippen molar-refractivity contribution in [1.29, 1.82) is 0 Å². The molecule has 0 aliphatic rings. The van der Waals surface area contributed by atoms with E-state index in [1.807, 2.05) is 26.8 Å². The maximum atomic E-state index is 14.9. The van der Waals surface area contributed by atoms with E-state index in [9.17, 15) is 50.5 Å². The highest BCUT2D eigenvalue weighted by atomic mass is 35.5. The summed E-state index contributed by atoms with van der Waals surface area (Å²) in [7, 11) is -5.63. The number of aliphatic hydroxyl groups is 2. The molecule has 8 nitrogen and oxygen atoms in total. The lowest BCUT2D eigenvalue weighted by Gasteiger charge is -2.29. The number of sulfonamides is 1. The number of halogens is 6. The van der Waals surface area contributed by atoms with Gasteiger partial charge in [-0.1, -0.05) is 68.8 Å². The second-order valence-corrected chi connectivity index (χ2v) is 14.2. The highest BCUT2D eigenvalue weighted by Crippen LogP contribution is 2.33. The number of aliphatic hydroxyl groups excluding tert-OH is 1. The lowest BCUT2D eigenvalue weighted by molar-refractivity contribution is -0.119. The Bertz CT molecular complexity index is 1920. The van der Waals surface area contributed by atoms with Crippen LogP contribution in [0.25, 0.3) is 0 Å². The van der Waals surface area contributed by atoms with E-state index < -0.39 is 75.0 Å². The van der Waals surface area contributed by atoms with Gasteiger partial charge in [-0.2, -0.15) is 4.31 Å². The molecule has 0 spiro atoms. The van der Waals surface area contributed by atoms with Crippen LogP contribution < -0.4 is 4.90 Å². The zero-order valence-electron chi connectivity index (χ0n) is 25.7. The molecular weight excluding hydrogens is 683 g/mol. The van der Waals surface area contributed by atoms with Gasteiger partial charge in [-0.3, -0.25) is 4.79 Å². The van der Waals surface area contributed by atoms with E-state index in [1.165, 1.54) is 30.3 Å². The highest BCUT2D eigenvalue weighted by Gasteiger charge is 2.39. The third-order valence-electron chi connectivity index (χ3n) is 7.39. The van der Waals surface area contributed by atoms with Gasteiger partial charge in [-0.25, -0.2) is 30.4 Å². The predicted octanol–water partition coefficient (Wildman–Crippen LogP) is 6.45. The van der Waals surface area contributed by atoms with Crippen molar-refractivity contribution in [3.8, 4) is 5.75 Å². The topological polar surface area (TPSA) is 118 Å². The molecular formula is C33H30ClF5N2O6S. The summed E-state index contributed by atoms with van der Waals surface area (Å²) in [6.07, 6.45) is -2.08. The summed E-state index contributed by atoms with van der Waals surface area (Å²) in [5, 5.41) is 29.8. The Morgan fingerprint density at radius 1 is 0.812 bits per heavy atom. The van der Waals surface area contributed by atoms with Gasteiger partial charge in [0, 0.05) is 28.9 Å². The number of nitrogens with zero attached hydrogens (tertiary/aromatic N) is 2. The van der Waals surface area contributed by atoms with Crippen LogP contribution in [0.1, 0.15) is 49.3 Å². The number of anilines is 1. The first-order chi connectivity index (χ1) is 22.3. The summed E-state index contributed by atoms with van der Waals surface area (Å²) in [6, 6.07) is 15.8. The van der Waals surface area contributed by atoms with E-state index in [1.54, 1.807) is 18.2 Å². The van der Waals surface area contributed by atoms with Crippen LogP contribution in [0.3, 0.4) is 0 Å². The molecule has 0 heterocycles. The molecule has 4 aromatic carbocycles. The molecule has 15 heteroatoms. The van der Waals surface area contributed by atoms with Crippen molar-refractivity contribution in [2.75, 3.05) is 11.4 Å². The van der Waals surface area contributed by atoms with Gasteiger partial charge >= 0.3 is 0 Å². The van der Waals surface area contributed by atoms with Crippen LogP contribution in [0.4, 0.5) is 27.6 Å². The van der Waals surface area contributed by atoms with Crippen molar-refractivity contribution >= 4 is 33.2 Å². The Morgan fingerprint density at radius 2 is 1.40 bits per heavy atom. The van der Waals surface area contributed by atoms with Gasteiger partial charge in [-0.15, -0.1) is 0 Å². The Labute approximate surface area is 278 Å². The molecule has 1 amide bonds. The molecule has 0 unspecified atom stereocenters. The van der Waals surface area contributed by atoms with E-state index in [0.29, 0.717) is 5.56 Å². The minimum Gasteiger partial charge on any atom is -0.507 e. The molecule has 0 radical (unpaired) electrons. The highest BCUT2D eigenvalue weighted by molar-refractivity contribution is 7.89. The van der Waals surface area contributed by atoms with Crippen LogP contribution in [0.5, 0.6) is 5.75 Å². The minimum absolute atomic E-state index is 0.0527. The molecule has 256 valence electrons. The van der Waals surface area contributed by atoms with E-state index in [2.05, 4.69) is 0 Å². The van der Waals surface area contributed by atoms with Crippen molar-refractivity contribution in [3.05, 3.63) is 123 Å². The number of carbonyl (C=O) groups is 1. The number of rotatable bonds is 10. The van der Waals surface area contributed by atoms with Crippen LogP contribution in [0.2, 0.25) is 5.02 Å². The zero-order chi connectivity index (χ0) is 35.7. The lowest BCUT2D eigenvalue weighted by atomic mass is 9.86. The molecule has 48 heavy (non-hydrogen) atoms. The van der Waals surface area contributed by atoms with E-state index in [0.717, 1.165) is 22.6 Å². The predicted molar refractivity (Wildman–Crippen MR) is 167 cm³/mol. The van der Waals surface area contributed by atoms with Gasteiger partial charge in [0.05, 0.1) is 13.1 Å². The Kier molecular flexibility index (Phi) is 10.9. The van der Waals surface area contributed by atoms with E-state index in [-0.39, 0.29) is 38.1 Å². The average molecular weight is 713 g/mol. The van der Waals surface area contributed by atoms with Crippen molar-refractivity contribution in [2.45, 2.75) is 50.5 Å². The lowest BCUT2D eigenvalue weighted by Crippen LogP contribution is -2.43. The number of amides is 1. The number of aromatic hydroxyl groups is 1. The van der Waals surface area contributed by atoms with Crippen LogP contribution in [-0.4, -0.2) is 40.5 Å². The maximum Gasteiger partial charge on any atom is 0.249 e. The fourth-order valence-corrected chi connectivity index (χ4v) is 6.37. The quantitative estimate of drug-likeness (QED) is 0.0754. The van der Waals surface area contributed by atoms with Crippen LogP contribution >= 0.6 is 11.6 Å². The molecule has 0 fully saturated rings. The molecule has 0 aromatic heterocycles. The average Bonchev–Trinajstić information content (AvgIpc) is 3.01. The smallest absolute Gasteiger partial charge is 0.249 e. The third kappa shape index (κ3) is 7.79. The molecule has 0 aliphatic carbocycles. The Morgan fingerprint density at radius 3 is 1.94 bits per heavy atom. The standard InChI is InChI=1S/C33H30ClF5N2O6S/c1-33(2,3)20-6-4-5-19(13-20)16-41(22-11-12-23(32(44)45)24(42)14-22)25(43)17-40(15-18-7-9-21(34)10-8-18)48(46,47)31-29(38)27(36)26(35)28(37)30(31)39/h4-14,32,42,44-45H,15-17H2,1-3H3. The summed E-state index contributed by atoms with van der Waals surface area (Å²) in [4.78, 5) is 12.9. The number of benzene rings is 4. The molecule has 0 saturated carbocycles. The fourth-order valence-electron chi connectivity index (χ4n) is 4.76. The second kappa shape index (κ2) is 14.2. The van der Waals surface area contributed by atoms with Gasteiger partial charge in [0.25, 0.3) is 0 Å². The molecule has 3 N–H and O–H groups in total. The van der Waals surface area contributed by atoms with Gasteiger partial charge in [0.1, 0.15) is 5.75 Å². The SMILES string of the molecule is CC(C)(C)c1cccc(CN(C(=O)CN(Cc2ccc(Cl)cc2)S(=O)(=O)c2c(F)c(F)c(F)c(F)c2F)c2ccc(C(O)O)c(O)c2)c1. The number of hydrogen-bond acceptors (Lipinski definition) is 6. The zero-order valence-corrected chi connectivity index (χ0v) is 27.3. The Hall–Kier alpha value is -4.08. The number of carbonyl (C=O) groups excluding carboxylic acids is 1. The van der Waals surface area contributed by atoms with Gasteiger partial charge < -0.3 is 20.2 Å². The van der Waals surface area contributed by atoms with Crippen molar-refractivity contribution in [1.82, 2.24) is 4.31 Å². The summed E-state index contributed by atoms with van der Waals surface area (Å²) >= 11 is 5.92. The molecule has 0 aliphatic heterocycles. The van der Waals surface area contributed by atoms with Gasteiger partial charge in [0.15, 0.2) is 34.5 Å². The van der Waals surface area contributed by atoms with Crippen LogP contribution in [0.15, 0.2) is 71.6 Å².